The summed E-state index contributed by atoms with van der Waals surface area (Å²) in [6, 6.07) is 4.99. The van der Waals surface area contributed by atoms with Gasteiger partial charge in [-0.05, 0) is 50.1 Å². The number of nitrogens with one attached hydrogen (secondary N) is 1. The van der Waals surface area contributed by atoms with Crippen molar-refractivity contribution in [2.45, 2.75) is 30.9 Å². The Morgan fingerprint density at radius 2 is 2.19 bits per heavy atom. The molecule has 0 aliphatic carbocycles. The van der Waals surface area contributed by atoms with Gasteiger partial charge in [-0.2, -0.15) is 0 Å². The highest BCUT2D eigenvalue weighted by Gasteiger charge is 2.27. The zero-order chi connectivity index (χ0) is 18.7. The number of piperidine rings is 1. The fourth-order valence-electron chi connectivity index (χ4n) is 3.12. The molecule has 3 rings (SSSR count). The smallest absolute Gasteiger partial charge is 0.272 e. The normalized spacial score (nSPS) is 18.1. The number of amides is 1. The van der Waals surface area contributed by atoms with Gasteiger partial charge in [0.2, 0.25) is 10.0 Å². The van der Waals surface area contributed by atoms with Crippen molar-refractivity contribution >= 4 is 27.3 Å². The second-order valence-corrected chi connectivity index (χ2v) is 9.43. The van der Waals surface area contributed by atoms with Gasteiger partial charge < -0.3 is 4.90 Å². The molecule has 2 aromatic heterocycles. The van der Waals surface area contributed by atoms with Crippen LogP contribution < -0.4 is 4.72 Å². The van der Waals surface area contributed by atoms with E-state index in [0.29, 0.717) is 35.4 Å². The molecule has 1 unspecified atom stereocenters. The van der Waals surface area contributed by atoms with Crippen LogP contribution in [0.5, 0.6) is 0 Å². The van der Waals surface area contributed by atoms with Crippen LogP contribution in [0.1, 0.15) is 34.8 Å². The molecule has 1 aliphatic rings. The molecule has 1 N–H and O–H groups in total. The predicted molar refractivity (Wildman–Crippen MR) is 99.6 cm³/mol. The summed E-state index contributed by atoms with van der Waals surface area (Å²) in [5.41, 5.74) is 1.16. The lowest BCUT2D eigenvalue weighted by atomic mass is 9.98. The number of aryl methyl sites for hydroxylation is 2. The van der Waals surface area contributed by atoms with E-state index >= 15 is 0 Å². The molecule has 26 heavy (non-hydrogen) atoms. The van der Waals surface area contributed by atoms with E-state index in [1.54, 1.807) is 35.4 Å². The second-order valence-electron chi connectivity index (χ2n) is 6.49. The van der Waals surface area contributed by atoms with Crippen molar-refractivity contribution in [1.29, 1.82) is 0 Å². The minimum absolute atomic E-state index is 0.0893. The molecule has 1 amide bonds. The van der Waals surface area contributed by atoms with Crippen LogP contribution in [-0.4, -0.2) is 48.8 Å². The first kappa shape index (κ1) is 18.9. The van der Waals surface area contributed by atoms with Gasteiger partial charge in [-0.1, -0.05) is 6.07 Å². The fourth-order valence-corrected chi connectivity index (χ4v) is 5.27. The molecule has 2 aromatic rings. The Bertz CT molecular complexity index is 861. The van der Waals surface area contributed by atoms with Crippen molar-refractivity contribution in [3.8, 4) is 0 Å². The molecule has 0 saturated carbocycles. The molecular formula is C17H22N4O3S2. The number of aromatic nitrogens is 2. The Hall–Kier alpha value is -1.84. The molecule has 1 aliphatic heterocycles. The summed E-state index contributed by atoms with van der Waals surface area (Å²) in [5, 5.41) is 1.74. The number of hydrogen-bond acceptors (Lipinski definition) is 6. The molecule has 0 bridgehead atoms. The van der Waals surface area contributed by atoms with Gasteiger partial charge in [0, 0.05) is 25.3 Å². The molecule has 140 valence electrons. The topological polar surface area (TPSA) is 92.3 Å². The number of likely N-dealkylation sites (tertiary alicyclic amines) is 1. The van der Waals surface area contributed by atoms with Crippen LogP contribution in [0.4, 0.5) is 0 Å². The first-order chi connectivity index (χ1) is 12.3. The first-order valence-corrected chi connectivity index (χ1v) is 10.9. The van der Waals surface area contributed by atoms with Gasteiger partial charge in [0.25, 0.3) is 5.91 Å². The maximum atomic E-state index is 12.7. The standard InChI is InChI=1S/C17H22N4O3S2/c1-12-9-15(20-13(2)19-12)17(22)21-7-3-5-14(11-21)10-18-26(23,24)16-6-4-8-25-16/h4,6,8-9,14,18H,3,5,7,10-11H2,1-2H3. The zero-order valence-corrected chi connectivity index (χ0v) is 16.4. The Balaban J connectivity index is 1.63. The second kappa shape index (κ2) is 7.81. The Morgan fingerprint density at radius 1 is 1.38 bits per heavy atom. The summed E-state index contributed by atoms with van der Waals surface area (Å²) in [4.78, 5) is 22.9. The molecule has 0 spiro atoms. The highest BCUT2D eigenvalue weighted by atomic mass is 32.2. The number of rotatable bonds is 5. The number of sulfonamides is 1. The van der Waals surface area contributed by atoms with Gasteiger partial charge in [-0.3, -0.25) is 4.79 Å². The third-order valence-electron chi connectivity index (χ3n) is 4.31. The predicted octanol–water partition coefficient (Wildman–Crippen LogP) is 1.99. The van der Waals surface area contributed by atoms with Crippen molar-refractivity contribution in [2.24, 2.45) is 5.92 Å². The third kappa shape index (κ3) is 4.46. The summed E-state index contributed by atoms with van der Waals surface area (Å²) >= 11 is 1.19. The molecule has 7 nitrogen and oxygen atoms in total. The van der Waals surface area contributed by atoms with Gasteiger partial charge in [0.1, 0.15) is 15.7 Å². The molecule has 1 saturated heterocycles. The Morgan fingerprint density at radius 3 is 2.88 bits per heavy atom. The van der Waals surface area contributed by atoms with Crippen molar-refractivity contribution < 1.29 is 13.2 Å². The third-order valence-corrected chi connectivity index (χ3v) is 7.13. The minimum Gasteiger partial charge on any atom is -0.337 e. The Labute approximate surface area is 157 Å². The molecule has 3 heterocycles. The van der Waals surface area contributed by atoms with Crippen LogP contribution in [0.3, 0.4) is 0 Å². The van der Waals surface area contributed by atoms with Gasteiger partial charge in [0.15, 0.2) is 0 Å². The van der Waals surface area contributed by atoms with Crippen LogP contribution in [0.2, 0.25) is 0 Å². The number of carbonyl (C=O) groups is 1. The lowest BCUT2D eigenvalue weighted by Gasteiger charge is -2.32. The summed E-state index contributed by atoms with van der Waals surface area (Å²) in [6.45, 7) is 5.11. The van der Waals surface area contributed by atoms with Crippen LogP contribution in [-0.2, 0) is 10.0 Å². The summed E-state index contributed by atoms with van der Waals surface area (Å²) < 4.78 is 27.5. The van der Waals surface area contributed by atoms with Crippen LogP contribution in [0.25, 0.3) is 0 Å². The molecule has 9 heteroatoms. The molecule has 1 fully saturated rings. The van der Waals surface area contributed by atoms with E-state index in [9.17, 15) is 13.2 Å². The minimum atomic E-state index is -3.47. The van der Waals surface area contributed by atoms with Gasteiger partial charge in [0.05, 0.1) is 0 Å². The molecule has 0 radical (unpaired) electrons. The van der Waals surface area contributed by atoms with E-state index in [1.165, 1.54) is 11.3 Å². The van der Waals surface area contributed by atoms with Crippen LogP contribution in [0.15, 0.2) is 27.8 Å². The zero-order valence-electron chi connectivity index (χ0n) is 14.8. The number of carbonyl (C=O) groups excluding carboxylic acids is 1. The maximum absolute atomic E-state index is 12.7. The van der Waals surface area contributed by atoms with E-state index in [-0.39, 0.29) is 11.8 Å². The van der Waals surface area contributed by atoms with Crippen molar-refractivity contribution in [3.05, 3.63) is 40.8 Å². The van der Waals surface area contributed by atoms with E-state index in [0.717, 1.165) is 18.5 Å². The van der Waals surface area contributed by atoms with E-state index in [2.05, 4.69) is 14.7 Å². The van der Waals surface area contributed by atoms with Crippen molar-refractivity contribution in [2.75, 3.05) is 19.6 Å². The van der Waals surface area contributed by atoms with Gasteiger partial charge in [-0.15, -0.1) is 11.3 Å². The average molecular weight is 395 g/mol. The Kier molecular flexibility index (Phi) is 5.69. The molecular weight excluding hydrogens is 372 g/mol. The molecule has 0 aromatic carbocycles. The highest BCUT2D eigenvalue weighted by molar-refractivity contribution is 7.91. The quantitative estimate of drug-likeness (QED) is 0.837. The lowest BCUT2D eigenvalue weighted by Crippen LogP contribution is -2.44. The monoisotopic (exact) mass is 394 g/mol. The van der Waals surface area contributed by atoms with Crippen LogP contribution in [0, 0.1) is 19.8 Å². The van der Waals surface area contributed by atoms with Gasteiger partial charge >= 0.3 is 0 Å². The van der Waals surface area contributed by atoms with Crippen LogP contribution >= 0.6 is 11.3 Å². The molecule has 1 atom stereocenters. The van der Waals surface area contributed by atoms with Crippen molar-refractivity contribution in [1.82, 2.24) is 19.6 Å². The van der Waals surface area contributed by atoms with Gasteiger partial charge in [-0.25, -0.2) is 23.1 Å². The number of hydrogen-bond donors (Lipinski definition) is 1. The summed E-state index contributed by atoms with van der Waals surface area (Å²) in [7, 11) is -3.47. The maximum Gasteiger partial charge on any atom is 0.272 e. The average Bonchev–Trinajstić information content (AvgIpc) is 3.14. The van der Waals surface area contributed by atoms with E-state index < -0.39 is 10.0 Å². The summed E-state index contributed by atoms with van der Waals surface area (Å²) in [5.74, 6) is 0.543. The van der Waals surface area contributed by atoms with E-state index in [1.807, 2.05) is 6.92 Å². The highest BCUT2D eigenvalue weighted by Crippen LogP contribution is 2.20. The first-order valence-electron chi connectivity index (χ1n) is 8.50. The lowest BCUT2D eigenvalue weighted by molar-refractivity contribution is 0.0669. The fraction of sp³-hybridized carbons (Fsp3) is 0.471. The van der Waals surface area contributed by atoms with E-state index in [4.69, 9.17) is 0 Å². The summed E-state index contributed by atoms with van der Waals surface area (Å²) in [6.07, 6.45) is 1.73. The largest absolute Gasteiger partial charge is 0.337 e. The van der Waals surface area contributed by atoms with Crippen molar-refractivity contribution in [3.63, 3.8) is 0 Å². The SMILES string of the molecule is Cc1cc(C(=O)N2CCCC(CNS(=O)(=O)c3cccs3)C2)nc(C)n1. The number of nitrogens with zero attached hydrogens (tertiary/aromatic N) is 3. The number of thiophene rings is 1.